The summed E-state index contributed by atoms with van der Waals surface area (Å²) in [5.74, 6) is 0.265. The van der Waals surface area contributed by atoms with Crippen molar-refractivity contribution in [3.05, 3.63) is 51.7 Å². The molecule has 1 atom stereocenters. The molecule has 0 spiro atoms. The minimum absolute atomic E-state index is 0.120. The van der Waals surface area contributed by atoms with Gasteiger partial charge in [0, 0.05) is 10.7 Å². The van der Waals surface area contributed by atoms with E-state index in [1.807, 2.05) is 18.2 Å². The molecule has 2 aromatic rings. The Labute approximate surface area is 125 Å². The molecule has 5 heteroatoms. The van der Waals surface area contributed by atoms with Gasteiger partial charge in [0.05, 0.1) is 11.7 Å². The molecule has 1 aromatic heterocycles. The van der Waals surface area contributed by atoms with E-state index < -0.39 is 0 Å². The van der Waals surface area contributed by atoms with Crippen molar-refractivity contribution in [2.45, 2.75) is 19.4 Å². The highest BCUT2D eigenvalue weighted by Crippen LogP contribution is 2.29. The van der Waals surface area contributed by atoms with Crippen molar-refractivity contribution < 1.29 is 5.11 Å². The van der Waals surface area contributed by atoms with E-state index in [2.05, 4.69) is 33.2 Å². The van der Waals surface area contributed by atoms with Gasteiger partial charge in [0.15, 0.2) is 5.15 Å². The first-order chi connectivity index (χ1) is 9.10. The molecule has 0 bridgehead atoms. The van der Waals surface area contributed by atoms with Crippen molar-refractivity contribution in [3.63, 3.8) is 0 Å². The van der Waals surface area contributed by atoms with Crippen LogP contribution in [0.4, 0.5) is 5.69 Å². The number of aromatic hydroxyl groups is 1. The normalized spacial score (nSPS) is 12.2. The molecular weight excluding hydrogens is 328 g/mol. The standard InChI is InChI=1S/C14H14BrClN2O/c1-2-12(9-3-5-11(19)6-4-9)18-13-7-10(15)8-17-14(13)16/h3-8,12,18-19H,2H2,1H3. The van der Waals surface area contributed by atoms with Crippen molar-refractivity contribution >= 4 is 33.2 Å². The first-order valence-corrected chi connectivity index (χ1v) is 7.13. The number of phenols is 1. The Balaban J connectivity index is 2.23. The fraction of sp³-hybridized carbons (Fsp3) is 0.214. The summed E-state index contributed by atoms with van der Waals surface area (Å²) in [6.45, 7) is 2.09. The number of anilines is 1. The quantitative estimate of drug-likeness (QED) is 0.788. The van der Waals surface area contributed by atoms with Gasteiger partial charge >= 0.3 is 0 Å². The third-order valence-corrected chi connectivity index (χ3v) is 3.57. The fourth-order valence-electron chi connectivity index (χ4n) is 1.84. The van der Waals surface area contributed by atoms with Crippen LogP contribution in [0.5, 0.6) is 5.75 Å². The summed E-state index contributed by atoms with van der Waals surface area (Å²) in [7, 11) is 0. The molecule has 0 aliphatic carbocycles. The van der Waals surface area contributed by atoms with Crippen LogP contribution in [0.15, 0.2) is 41.0 Å². The third-order valence-electron chi connectivity index (χ3n) is 2.84. The number of hydrogen-bond donors (Lipinski definition) is 2. The van der Waals surface area contributed by atoms with Crippen molar-refractivity contribution in [2.75, 3.05) is 5.32 Å². The molecular formula is C14H14BrClN2O. The Morgan fingerprint density at radius 3 is 2.68 bits per heavy atom. The Kier molecular flexibility index (Phi) is 4.66. The van der Waals surface area contributed by atoms with Crippen molar-refractivity contribution in [3.8, 4) is 5.75 Å². The first kappa shape index (κ1) is 14.2. The van der Waals surface area contributed by atoms with Crippen LogP contribution in [-0.2, 0) is 0 Å². The van der Waals surface area contributed by atoms with Gasteiger partial charge in [-0.25, -0.2) is 4.98 Å². The molecule has 1 unspecified atom stereocenters. The minimum atomic E-state index is 0.120. The van der Waals surface area contributed by atoms with Crippen molar-refractivity contribution in [1.82, 2.24) is 4.98 Å². The monoisotopic (exact) mass is 340 g/mol. The number of nitrogens with zero attached hydrogens (tertiary/aromatic N) is 1. The summed E-state index contributed by atoms with van der Waals surface area (Å²) < 4.78 is 0.875. The summed E-state index contributed by atoms with van der Waals surface area (Å²) >= 11 is 9.46. The Bertz CT molecular complexity index is 560. The second-order valence-electron chi connectivity index (χ2n) is 4.19. The van der Waals surface area contributed by atoms with Crippen LogP contribution in [-0.4, -0.2) is 10.1 Å². The Morgan fingerprint density at radius 1 is 1.37 bits per heavy atom. The van der Waals surface area contributed by atoms with Gasteiger partial charge in [-0.3, -0.25) is 0 Å². The van der Waals surface area contributed by atoms with Gasteiger partial charge in [0.2, 0.25) is 0 Å². The van der Waals surface area contributed by atoms with Gasteiger partial charge in [-0.05, 0) is 46.1 Å². The van der Waals surface area contributed by atoms with Crippen LogP contribution in [0.3, 0.4) is 0 Å². The average Bonchev–Trinajstić information content (AvgIpc) is 2.41. The molecule has 1 heterocycles. The Morgan fingerprint density at radius 2 is 2.05 bits per heavy atom. The van der Waals surface area contributed by atoms with Crippen LogP contribution in [0.25, 0.3) is 0 Å². The first-order valence-electron chi connectivity index (χ1n) is 5.96. The number of aromatic nitrogens is 1. The highest BCUT2D eigenvalue weighted by atomic mass is 79.9. The lowest BCUT2D eigenvalue weighted by molar-refractivity contribution is 0.475. The molecule has 0 amide bonds. The smallest absolute Gasteiger partial charge is 0.152 e. The molecule has 0 fully saturated rings. The molecule has 1 aromatic carbocycles. The number of benzene rings is 1. The lowest BCUT2D eigenvalue weighted by atomic mass is 10.0. The number of pyridine rings is 1. The van der Waals surface area contributed by atoms with Crippen LogP contribution in [0.1, 0.15) is 24.9 Å². The van der Waals surface area contributed by atoms with Gasteiger partial charge in [0.1, 0.15) is 5.75 Å². The molecule has 0 aliphatic rings. The van der Waals surface area contributed by atoms with E-state index >= 15 is 0 Å². The molecule has 0 aliphatic heterocycles. The summed E-state index contributed by atoms with van der Waals surface area (Å²) in [4.78, 5) is 4.09. The summed E-state index contributed by atoms with van der Waals surface area (Å²) in [6, 6.07) is 9.18. The molecule has 19 heavy (non-hydrogen) atoms. The maximum atomic E-state index is 9.32. The van der Waals surface area contributed by atoms with Gasteiger partial charge in [0.25, 0.3) is 0 Å². The van der Waals surface area contributed by atoms with E-state index in [0.29, 0.717) is 5.15 Å². The fourth-order valence-corrected chi connectivity index (χ4v) is 2.33. The predicted octanol–water partition coefficient (Wildman–Crippen LogP) is 4.77. The van der Waals surface area contributed by atoms with E-state index in [9.17, 15) is 5.11 Å². The zero-order valence-corrected chi connectivity index (χ0v) is 12.7. The zero-order valence-electron chi connectivity index (χ0n) is 10.4. The number of phenolic OH excluding ortho intramolecular Hbond substituents is 1. The van der Waals surface area contributed by atoms with Crippen molar-refractivity contribution in [1.29, 1.82) is 0 Å². The molecule has 0 saturated carbocycles. The van der Waals surface area contributed by atoms with Crippen LogP contribution in [0, 0.1) is 0 Å². The predicted molar refractivity (Wildman–Crippen MR) is 81.7 cm³/mol. The van der Waals surface area contributed by atoms with E-state index in [0.717, 1.165) is 22.1 Å². The number of nitrogens with one attached hydrogen (secondary N) is 1. The summed E-state index contributed by atoms with van der Waals surface area (Å²) in [6.07, 6.45) is 2.56. The van der Waals surface area contributed by atoms with Crippen molar-refractivity contribution in [2.24, 2.45) is 0 Å². The number of hydrogen-bond acceptors (Lipinski definition) is 3. The molecule has 0 saturated heterocycles. The minimum Gasteiger partial charge on any atom is -0.508 e. The summed E-state index contributed by atoms with van der Waals surface area (Å²) in [5, 5.41) is 13.1. The number of halogens is 2. The van der Waals surface area contributed by atoms with Gasteiger partial charge in [-0.1, -0.05) is 30.7 Å². The highest BCUT2D eigenvalue weighted by molar-refractivity contribution is 9.10. The topological polar surface area (TPSA) is 45.2 Å². The van der Waals surface area contributed by atoms with Crippen LogP contribution >= 0.6 is 27.5 Å². The SMILES string of the molecule is CCC(Nc1cc(Br)cnc1Cl)c1ccc(O)cc1. The summed E-state index contributed by atoms with van der Waals surface area (Å²) in [5.41, 5.74) is 1.88. The molecule has 100 valence electrons. The zero-order chi connectivity index (χ0) is 13.8. The number of rotatable bonds is 4. The molecule has 2 rings (SSSR count). The maximum Gasteiger partial charge on any atom is 0.152 e. The second kappa shape index (κ2) is 6.26. The van der Waals surface area contributed by atoms with E-state index in [1.165, 1.54) is 0 Å². The van der Waals surface area contributed by atoms with Gasteiger partial charge in [-0.2, -0.15) is 0 Å². The largest absolute Gasteiger partial charge is 0.508 e. The molecule has 3 nitrogen and oxygen atoms in total. The maximum absolute atomic E-state index is 9.32. The van der Waals surface area contributed by atoms with Crippen LogP contribution in [0.2, 0.25) is 5.15 Å². The van der Waals surface area contributed by atoms with Gasteiger partial charge < -0.3 is 10.4 Å². The lowest BCUT2D eigenvalue weighted by Gasteiger charge is -2.19. The van der Waals surface area contributed by atoms with E-state index in [1.54, 1.807) is 18.3 Å². The van der Waals surface area contributed by atoms with Crippen LogP contribution < -0.4 is 5.32 Å². The average molecular weight is 342 g/mol. The third kappa shape index (κ3) is 3.61. The van der Waals surface area contributed by atoms with E-state index in [4.69, 9.17) is 11.6 Å². The van der Waals surface area contributed by atoms with Gasteiger partial charge in [-0.15, -0.1) is 0 Å². The lowest BCUT2D eigenvalue weighted by Crippen LogP contribution is -2.10. The second-order valence-corrected chi connectivity index (χ2v) is 5.46. The molecule has 0 radical (unpaired) electrons. The molecule has 2 N–H and O–H groups in total. The Hall–Kier alpha value is -1.26. The van der Waals surface area contributed by atoms with E-state index in [-0.39, 0.29) is 11.8 Å². The highest BCUT2D eigenvalue weighted by Gasteiger charge is 2.12.